The zero-order chi connectivity index (χ0) is 17.9. The summed E-state index contributed by atoms with van der Waals surface area (Å²) in [4.78, 5) is 10.1. The molecule has 0 radical (unpaired) electrons. The van der Waals surface area contributed by atoms with E-state index in [1.807, 2.05) is 7.05 Å². The molecule has 1 fully saturated rings. The molecule has 0 aliphatic carbocycles. The van der Waals surface area contributed by atoms with E-state index in [-0.39, 0.29) is 12.5 Å². The van der Waals surface area contributed by atoms with Crippen LogP contribution in [0.3, 0.4) is 0 Å². The summed E-state index contributed by atoms with van der Waals surface area (Å²) in [6.07, 6.45) is -4.37. The van der Waals surface area contributed by atoms with E-state index in [0.717, 1.165) is 37.9 Å². The number of nitrogens with two attached hydrogens (primary N) is 1. The summed E-state index contributed by atoms with van der Waals surface area (Å²) < 4.78 is 39.1. The van der Waals surface area contributed by atoms with Crippen molar-refractivity contribution in [1.82, 2.24) is 9.80 Å². The molecule has 0 saturated carbocycles. The summed E-state index contributed by atoms with van der Waals surface area (Å²) in [5.74, 6) is 0.289. The van der Waals surface area contributed by atoms with Gasteiger partial charge in [0.1, 0.15) is 0 Å². The highest BCUT2D eigenvalue weighted by atomic mass is 19.4. The van der Waals surface area contributed by atoms with E-state index < -0.39 is 11.7 Å². The third kappa shape index (κ3) is 4.53. The van der Waals surface area contributed by atoms with E-state index in [4.69, 9.17) is 5.73 Å². The Morgan fingerprint density at radius 3 is 2.38 bits per heavy atom. The number of hydrogen-bond acceptors (Lipinski definition) is 3. The molecule has 2 rings (SSSR count). The Labute approximate surface area is 140 Å². The zero-order valence-corrected chi connectivity index (χ0v) is 14.3. The molecule has 0 aromatic heterocycles. The van der Waals surface area contributed by atoms with Gasteiger partial charge >= 0.3 is 6.18 Å². The van der Waals surface area contributed by atoms with Crippen LogP contribution in [0.4, 0.5) is 18.9 Å². The summed E-state index contributed by atoms with van der Waals surface area (Å²) in [5.41, 5.74) is 6.45. The largest absolute Gasteiger partial charge is 0.416 e. The molecule has 1 aliphatic heterocycles. The number of aliphatic imine (C=N–C) groups is 1. The van der Waals surface area contributed by atoms with Gasteiger partial charge < -0.3 is 20.4 Å². The molecule has 1 aliphatic rings. The molecule has 0 atom stereocenters. The maximum absolute atomic E-state index is 13.0. The first-order chi connectivity index (χ1) is 11.2. The van der Waals surface area contributed by atoms with Crippen LogP contribution in [0.25, 0.3) is 0 Å². The monoisotopic (exact) mass is 343 g/mol. The maximum Gasteiger partial charge on any atom is 0.416 e. The van der Waals surface area contributed by atoms with Crippen LogP contribution in [0.5, 0.6) is 0 Å². The molecule has 134 valence electrons. The number of hydrogen-bond donors (Lipinski definition) is 1. The minimum Gasteiger partial charge on any atom is -0.370 e. The predicted octanol–water partition coefficient (Wildman–Crippen LogP) is 1.83. The van der Waals surface area contributed by atoms with Gasteiger partial charge in [-0.05, 0) is 30.8 Å². The van der Waals surface area contributed by atoms with E-state index in [2.05, 4.69) is 14.8 Å². The average Bonchev–Trinajstić information content (AvgIpc) is 2.52. The number of anilines is 1. The Kier molecular flexibility index (Phi) is 5.58. The third-order valence-corrected chi connectivity index (χ3v) is 4.12. The molecule has 5 nitrogen and oxygen atoms in total. The lowest BCUT2D eigenvalue weighted by Crippen LogP contribution is -2.44. The summed E-state index contributed by atoms with van der Waals surface area (Å²) in [7, 11) is 5.52. The van der Waals surface area contributed by atoms with Gasteiger partial charge in [0.15, 0.2) is 5.96 Å². The van der Waals surface area contributed by atoms with E-state index in [1.165, 1.54) is 6.07 Å². The van der Waals surface area contributed by atoms with Crippen molar-refractivity contribution in [2.75, 3.05) is 52.2 Å². The van der Waals surface area contributed by atoms with Gasteiger partial charge in [0.25, 0.3) is 0 Å². The molecule has 2 N–H and O–H groups in total. The van der Waals surface area contributed by atoms with Crippen molar-refractivity contribution in [1.29, 1.82) is 0 Å². The molecular formula is C16H24F3N5. The van der Waals surface area contributed by atoms with E-state index in [0.29, 0.717) is 5.56 Å². The summed E-state index contributed by atoms with van der Waals surface area (Å²) in [6.45, 7) is 3.44. The summed E-state index contributed by atoms with van der Waals surface area (Å²) in [5, 5.41) is 0. The quantitative estimate of drug-likeness (QED) is 0.672. The third-order valence-electron chi connectivity index (χ3n) is 4.12. The molecule has 0 bridgehead atoms. The molecule has 1 aromatic rings. The van der Waals surface area contributed by atoms with Crippen LogP contribution < -0.4 is 10.6 Å². The number of rotatable bonds is 3. The lowest BCUT2D eigenvalue weighted by Gasteiger charge is -2.35. The Balaban J connectivity index is 2.33. The van der Waals surface area contributed by atoms with Gasteiger partial charge in [-0.2, -0.15) is 13.2 Å². The van der Waals surface area contributed by atoms with Gasteiger partial charge in [0.05, 0.1) is 12.1 Å². The van der Waals surface area contributed by atoms with Crippen LogP contribution in [0.2, 0.25) is 0 Å². The number of likely N-dealkylation sites (N-methyl/N-ethyl adjacent to an activating group) is 1. The van der Waals surface area contributed by atoms with E-state index in [9.17, 15) is 13.2 Å². The van der Waals surface area contributed by atoms with Crippen LogP contribution in [-0.2, 0) is 12.7 Å². The molecule has 1 heterocycles. The number of halogens is 3. The van der Waals surface area contributed by atoms with Gasteiger partial charge in [-0.1, -0.05) is 0 Å². The van der Waals surface area contributed by atoms with E-state index in [1.54, 1.807) is 25.1 Å². The lowest BCUT2D eigenvalue weighted by atomic mass is 10.1. The standard InChI is InChI=1S/C16H24F3N5/c1-22(2)15(20)21-11-12-10-13(16(17,18)19)4-5-14(12)24-8-6-23(3)7-9-24/h4-5,10H,6-9,11H2,1-3H3,(H2,20,21). The Bertz CT molecular complexity index is 590. The number of guanidine groups is 1. The second kappa shape index (κ2) is 7.29. The Morgan fingerprint density at radius 2 is 1.83 bits per heavy atom. The number of nitrogens with zero attached hydrogens (tertiary/aromatic N) is 4. The van der Waals surface area contributed by atoms with Crippen molar-refractivity contribution in [3.8, 4) is 0 Å². The summed E-state index contributed by atoms with van der Waals surface area (Å²) in [6, 6.07) is 3.86. The SMILES string of the molecule is CN1CCN(c2ccc(C(F)(F)F)cc2CN=C(N)N(C)C)CC1. The molecule has 1 aromatic carbocycles. The van der Waals surface area contributed by atoms with Crippen molar-refractivity contribution < 1.29 is 13.2 Å². The Morgan fingerprint density at radius 1 is 1.21 bits per heavy atom. The fourth-order valence-corrected chi connectivity index (χ4v) is 2.55. The van der Waals surface area contributed by atoms with Gasteiger partial charge in [0.2, 0.25) is 0 Å². The van der Waals surface area contributed by atoms with Gasteiger partial charge in [-0.3, -0.25) is 0 Å². The fraction of sp³-hybridized carbons (Fsp3) is 0.562. The van der Waals surface area contributed by atoms with Crippen LogP contribution in [-0.4, -0.2) is 63.1 Å². The predicted molar refractivity (Wildman–Crippen MR) is 90.2 cm³/mol. The van der Waals surface area contributed by atoms with Crippen LogP contribution in [0.1, 0.15) is 11.1 Å². The fourth-order valence-electron chi connectivity index (χ4n) is 2.55. The van der Waals surface area contributed by atoms with Crippen molar-refractivity contribution in [2.24, 2.45) is 10.7 Å². The first kappa shape index (κ1) is 18.4. The smallest absolute Gasteiger partial charge is 0.370 e. The molecule has 8 heteroatoms. The van der Waals surface area contributed by atoms with Crippen molar-refractivity contribution in [3.63, 3.8) is 0 Å². The Hall–Kier alpha value is -1.96. The first-order valence-electron chi connectivity index (χ1n) is 7.79. The highest BCUT2D eigenvalue weighted by Gasteiger charge is 2.31. The van der Waals surface area contributed by atoms with Crippen LogP contribution in [0.15, 0.2) is 23.2 Å². The topological polar surface area (TPSA) is 48.1 Å². The molecular weight excluding hydrogens is 319 g/mol. The highest BCUT2D eigenvalue weighted by Crippen LogP contribution is 2.33. The minimum atomic E-state index is -4.37. The lowest BCUT2D eigenvalue weighted by molar-refractivity contribution is -0.137. The molecule has 0 spiro atoms. The van der Waals surface area contributed by atoms with Gasteiger partial charge in [-0.25, -0.2) is 4.99 Å². The van der Waals surface area contributed by atoms with Crippen LogP contribution >= 0.6 is 0 Å². The second-order valence-electron chi connectivity index (χ2n) is 6.20. The highest BCUT2D eigenvalue weighted by molar-refractivity contribution is 5.77. The maximum atomic E-state index is 13.0. The van der Waals surface area contributed by atoms with Crippen molar-refractivity contribution >= 4 is 11.6 Å². The number of benzene rings is 1. The zero-order valence-electron chi connectivity index (χ0n) is 14.3. The average molecular weight is 343 g/mol. The summed E-state index contributed by atoms with van der Waals surface area (Å²) >= 11 is 0. The first-order valence-corrected chi connectivity index (χ1v) is 7.79. The normalized spacial score (nSPS) is 17.2. The van der Waals surface area contributed by atoms with Crippen molar-refractivity contribution in [3.05, 3.63) is 29.3 Å². The molecule has 24 heavy (non-hydrogen) atoms. The van der Waals surface area contributed by atoms with Crippen molar-refractivity contribution in [2.45, 2.75) is 12.7 Å². The minimum absolute atomic E-state index is 0.121. The molecule has 1 saturated heterocycles. The second-order valence-corrected chi connectivity index (χ2v) is 6.20. The van der Waals surface area contributed by atoms with Gasteiger partial charge in [-0.15, -0.1) is 0 Å². The van der Waals surface area contributed by atoms with Gasteiger partial charge in [0, 0.05) is 46.0 Å². The van der Waals surface area contributed by atoms with Crippen LogP contribution in [0, 0.1) is 0 Å². The number of piperazine rings is 1. The number of alkyl halides is 3. The van der Waals surface area contributed by atoms with E-state index >= 15 is 0 Å². The molecule has 0 unspecified atom stereocenters. The molecule has 0 amide bonds.